The van der Waals surface area contributed by atoms with Gasteiger partial charge in [-0.2, -0.15) is 0 Å². The van der Waals surface area contributed by atoms with Crippen LogP contribution in [0.5, 0.6) is 0 Å². The first-order chi connectivity index (χ1) is 16.0. The number of benzene rings is 1. The summed E-state index contributed by atoms with van der Waals surface area (Å²) in [6, 6.07) is 10.9. The zero-order valence-electron chi connectivity index (χ0n) is 22.7. The molecular weight excluding hydrogens is 432 g/mol. The van der Waals surface area contributed by atoms with Crippen LogP contribution >= 0.6 is 0 Å². The van der Waals surface area contributed by atoms with Gasteiger partial charge >= 0.3 is 0 Å². The lowest BCUT2D eigenvalue weighted by molar-refractivity contribution is -0.127. The van der Waals surface area contributed by atoms with Gasteiger partial charge in [-0.1, -0.05) is 88.2 Å². The molecule has 3 rings (SSSR count). The molecule has 0 spiro atoms. The average molecular weight is 481 g/mol. The Hall–Kier alpha value is -1.45. The van der Waals surface area contributed by atoms with E-state index in [1.165, 1.54) is 37.7 Å². The molecule has 1 aromatic carbocycles. The highest BCUT2D eigenvalue weighted by Crippen LogP contribution is 2.51. The normalized spacial score (nSPS) is 24.5. The summed E-state index contributed by atoms with van der Waals surface area (Å²) in [7, 11) is -1.91. The topological polar surface area (TPSA) is 26.3 Å². The quantitative estimate of drug-likeness (QED) is 0.247. The third-order valence-corrected chi connectivity index (χ3v) is 13.5. The van der Waals surface area contributed by atoms with E-state index >= 15 is 0 Å². The second-order valence-electron chi connectivity index (χ2n) is 12.6. The molecule has 0 saturated heterocycles. The van der Waals surface area contributed by atoms with Crippen molar-refractivity contribution < 1.29 is 9.22 Å². The van der Waals surface area contributed by atoms with E-state index in [1.807, 2.05) is 0 Å². The van der Waals surface area contributed by atoms with Gasteiger partial charge in [0.05, 0.1) is 6.10 Å². The fourth-order valence-corrected chi connectivity index (χ4v) is 6.59. The second kappa shape index (κ2) is 11.1. The summed E-state index contributed by atoms with van der Waals surface area (Å²) in [5.41, 5.74) is 1.39. The first-order valence-corrected chi connectivity index (χ1v) is 16.5. The Balaban J connectivity index is 1.75. The van der Waals surface area contributed by atoms with E-state index in [-0.39, 0.29) is 22.0 Å². The van der Waals surface area contributed by atoms with Crippen molar-refractivity contribution in [2.75, 3.05) is 0 Å². The highest BCUT2D eigenvalue weighted by molar-refractivity contribution is 6.74. The Kier molecular flexibility index (Phi) is 8.84. The molecule has 2 nitrogen and oxygen atoms in total. The summed E-state index contributed by atoms with van der Waals surface area (Å²) in [4.78, 5) is 12.5. The zero-order chi connectivity index (χ0) is 24.9. The lowest BCUT2D eigenvalue weighted by Crippen LogP contribution is -2.51. The molecule has 188 valence electrons. The van der Waals surface area contributed by atoms with E-state index in [4.69, 9.17) is 4.43 Å². The maximum atomic E-state index is 12.5. The second-order valence-corrected chi connectivity index (χ2v) is 17.4. The summed E-state index contributed by atoms with van der Waals surface area (Å²) >= 11 is 0. The van der Waals surface area contributed by atoms with Crippen LogP contribution in [0.1, 0.15) is 91.0 Å². The van der Waals surface area contributed by atoms with Gasteiger partial charge in [-0.15, -0.1) is 0 Å². The first kappa shape index (κ1) is 27.1. The number of rotatable bonds is 10. The maximum absolute atomic E-state index is 12.5. The van der Waals surface area contributed by atoms with Gasteiger partial charge in [-0.25, -0.2) is 0 Å². The fourth-order valence-electron chi connectivity index (χ4n) is 5.27. The molecule has 0 amide bonds. The van der Waals surface area contributed by atoms with Crippen molar-refractivity contribution in [1.29, 1.82) is 0 Å². The number of hydrogen-bond donors (Lipinski definition) is 0. The maximum Gasteiger partial charge on any atom is 0.192 e. The smallest absolute Gasteiger partial charge is 0.192 e. The van der Waals surface area contributed by atoms with Crippen LogP contribution in [0.25, 0.3) is 0 Å². The third-order valence-electron chi connectivity index (χ3n) is 9.01. The number of carbonyl (C=O) groups excluding carboxylic acids is 1. The number of Topliss-reactive ketones (excluding diaryl/α,β-unsaturated/α-hetero) is 1. The molecule has 2 fully saturated rings. The zero-order valence-corrected chi connectivity index (χ0v) is 23.7. The molecule has 34 heavy (non-hydrogen) atoms. The molecule has 0 N–H and O–H groups in total. The summed E-state index contributed by atoms with van der Waals surface area (Å²) in [6.45, 7) is 13.9. The van der Waals surface area contributed by atoms with Crippen LogP contribution in [0.3, 0.4) is 0 Å². The summed E-state index contributed by atoms with van der Waals surface area (Å²) < 4.78 is 7.10. The van der Waals surface area contributed by atoms with Crippen molar-refractivity contribution in [3.05, 3.63) is 60.2 Å². The lowest BCUT2D eigenvalue weighted by atomic mass is 9.62. The lowest BCUT2D eigenvalue weighted by Gasteiger charge is -2.51. The number of aryl methyl sites for hydroxylation is 1. The number of carbonyl (C=O) groups is 1. The van der Waals surface area contributed by atoms with Crippen molar-refractivity contribution in [1.82, 2.24) is 0 Å². The molecule has 2 aliphatic rings. The average Bonchev–Trinajstić information content (AvgIpc) is 2.74. The largest absolute Gasteiger partial charge is 0.410 e. The minimum atomic E-state index is -1.91. The van der Waals surface area contributed by atoms with Gasteiger partial charge in [0.25, 0.3) is 0 Å². The third kappa shape index (κ3) is 6.60. The van der Waals surface area contributed by atoms with Gasteiger partial charge < -0.3 is 4.43 Å². The van der Waals surface area contributed by atoms with E-state index in [0.29, 0.717) is 5.78 Å². The van der Waals surface area contributed by atoms with Gasteiger partial charge in [-0.05, 0) is 81.0 Å². The summed E-state index contributed by atoms with van der Waals surface area (Å²) in [5, 5.41) is 0.186. The molecule has 0 bridgehead atoms. The van der Waals surface area contributed by atoms with E-state index < -0.39 is 8.32 Å². The van der Waals surface area contributed by atoms with Crippen molar-refractivity contribution in [3.63, 3.8) is 0 Å². The van der Waals surface area contributed by atoms with Crippen molar-refractivity contribution in [3.8, 4) is 0 Å². The molecule has 2 aliphatic carbocycles. The Bertz CT molecular complexity index is 857. The Morgan fingerprint density at radius 1 is 1.03 bits per heavy atom. The minimum Gasteiger partial charge on any atom is -0.410 e. The molecule has 2 atom stereocenters. The molecular formula is C31H48O2Si. The van der Waals surface area contributed by atoms with Gasteiger partial charge in [-0.3, -0.25) is 4.79 Å². The van der Waals surface area contributed by atoms with Crippen LogP contribution in [-0.4, -0.2) is 20.2 Å². The minimum absolute atomic E-state index is 0.150. The Labute approximate surface area is 210 Å². The Morgan fingerprint density at radius 3 is 2.32 bits per heavy atom. The summed E-state index contributed by atoms with van der Waals surface area (Å²) in [5.74, 6) is 0.397. The Morgan fingerprint density at radius 2 is 1.74 bits per heavy atom. The molecule has 3 heteroatoms. The molecule has 1 unspecified atom stereocenters. The van der Waals surface area contributed by atoms with Crippen LogP contribution in [0.15, 0.2) is 54.6 Å². The molecule has 0 heterocycles. The SMILES string of the molecule is CC(C)(C)[Si](C)(C)OC(/C=C/C=C/[C@]1(C)CCCCC1=O)C1(CCCc2ccccc2)CCC1. The van der Waals surface area contributed by atoms with Crippen LogP contribution in [-0.2, 0) is 15.6 Å². The van der Waals surface area contributed by atoms with Gasteiger partial charge in [0.1, 0.15) is 5.78 Å². The van der Waals surface area contributed by atoms with Crippen LogP contribution < -0.4 is 0 Å². The van der Waals surface area contributed by atoms with Gasteiger partial charge in [0.15, 0.2) is 8.32 Å². The van der Waals surface area contributed by atoms with Crippen molar-refractivity contribution in [2.24, 2.45) is 10.8 Å². The summed E-state index contributed by atoms with van der Waals surface area (Å²) in [6.07, 6.45) is 20.2. The highest BCUT2D eigenvalue weighted by Gasteiger charge is 2.47. The van der Waals surface area contributed by atoms with Crippen LogP contribution in [0.2, 0.25) is 18.1 Å². The predicted molar refractivity (Wildman–Crippen MR) is 148 cm³/mol. The first-order valence-electron chi connectivity index (χ1n) is 13.6. The van der Waals surface area contributed by atoms with Crippen LogP contribution in [0, 0.1) is 10.8 Å². The molecule has 0 aromatic heterocycles. The van der Waals surface area contributed by atoms with Crippen molar-refractivity contribution >= 4 is 14.1 Å². The van der Waals surface area contributed by atoms with E-state index in [9.17, 15) is 4.79 Å². The fraction of sp³-hybridized carbons (Fsp3) is 0.645. The van der Waals surface area contributed by atoms with E-state index in [0.717, 1.165) is 32.1 Å². The molecule has 0 aliphatic heterocycles. The van der Waals surface area contributed by atoms with E-state index in [1.54, 1.807) is 0 Å². The van der Waals surface area contributed by atoms with Gasteiger partial charge in [0.2, 0.25) is 0 Å². The standard InChI is InChI=1S/C31H48O2Si/c1-29(2,3)34(5,6)33-28(20-11-13-22-30(4)21-12-10-19-27(30)32)31(24-15-25-31)23-14-18-26-16-8-7-9-17-26/h7-9,11,13,16-17,20,22,28H,10,12,14-15,18-19,21,23-25H2,1-6H3/b20-11+,22-13+/t28?,30-/m0/s1. The predicted octanol–water partition coefficient (Wildman–Crippen LogP) is 8.83. The van der Waals surface area contributed by atoms with Crippen LogP contribution in [0.4, 0.5) is 0 Å². The number of hydrogen-bond acceptors (Lipinski definition) is 2. The van der Waals surface area contributed by atoms with Gasteiger partial charge in [0, 0.05) is 11.8 Å². The monoisotopic (exact) mass is 480 g/mol. The number of ketones is 1. The van der Waals surface area contributed by atoms with E-state index in [2.05, 4.69) is 95.4 Å². The molecule has 0 radical (unpaired) electrons. The van der Waals surface area contributed by atoms with Crippen molar-refractivity contribution in [2.45, 2.75) is 116 Å². The molecule has 1 aromatic rings. The number of allylic oxidation sites excluding steroid dienone is 3. The molecule has 2 saturated carbocycles. The highest BCUT2D eigenvalue weighted by atomic mass is 28.4.